The highest BCUT2D eigenvalue weighted by molar-refractivity contribution is 7.99. The number of nitrogens with one attached hydrogen (secondary N) is 1. The molecule has 0 unspecified atom stereocenters. The molecule has 106 valence electrons. The van der Waals surface area contributed by atoms with Crippen LogP contribution in [0.5, 0.6) is 0 Å². The van der Waals surface area contributed by atoms with Gasteiger partial charge in [-0.2, -0.15) is 17.0 Å². The maximum Gasteiger partial charge on any atom is 0.224 e. The van der Waals surface area contributed by atoms with Crippen molar-refractivity contribution in [1.82, 2.24) is 0 Å². The molecule has 1 aliphatic rings. The standard InChI is InChI=1S/C16H20N2OS/c17-12-13-7-9-14(10-8-13)18-16(19)6-3-11-20-15-4-1-2-5-15/h7-10,15H,1-6,11H2,(H,18,19). The topological polar surface area (TPSA) is 52.9 Å². The van der Waals surface area contributed by atoms with Gasteiger partial charge in [0.15, 0.2) is 0 Å². The Bertz CT molecular complexity index is 472. The lowest BCUT2D eigenvalue weighted by molar-refractivity contribution is -0.116. The van der Waals surface area contributed by atoms with Gasteiger partial charge in [-0.15, -0.1) is 0 Å². The molecule has 0 saturated heterocycles. The van der Waals surface area contributed by atoms with Crippen LogP contribution in [0.3, 0.4) is 0 Å². The van der Waals surface area contributed by atoms with Gasteiger partial charge in [0.2, 0.25) is 5.91 Å². The molecule has 3 nitrogen and oxygen atoms in total. The van der Waals surface area contributed by atoms with Crippen LogP contribution in [-0.2, 0) is 4.79 Å². The summed E-state index contributed by atoms with van der Waals surface area (Å²) in [6, 6.07) is 9.02. The molecule has 0 atom stereocenters. The van der Waals surface area contributed by atoms with Crippen molar-refractivity contribution in [3.05, 3.63) is 29.8 Å². The van der Waals surface area contributed by atoms with Gasteiger partial charge in [0.1, 0.15) is 0 Å². The van der Waals surface area contributed by atoms with Crippen molar-refractivity contribution in [2.75, 3.05) is 11.1 Å². The molecule has 1 aromatic rings. The highest BCUT2D eigenvalue weighted by Gasteiger charge is 2.14. The van der Waals surface area contributed by atoms with Crippen LogP contribution in [0, 0.1) is 11.3 Å². The minimum absolute atomic E-state index is 0.0572. The summed E-state index contributed by atoms with van der Waals surface area (Å²) >= 11 is 2.02. The van der Waals surface area contributed by atoms with Crippen LogP contribution in [0.2, 0.25) is 0 Å². The van der Waals surface area contributed by atoms with E-state index in [0.717, 1.165) is 23.1 Å². The number of nitriles is 1. The summed E-state index contributed by atoms with van der Waals surface area (Å²) < 4.78 is 0. The van der Waals surface area contributed by atoms with Gasteiger partial charge in [-0.1, -0.05) is 12.8 Å². The van der Waals surface area contributed by atoms with Gasteiger partial charge in [-0.25, -0.2) is 0 Å². The third kappa shape index (κ3) is 4.90. The number of hydrogen-bond acceptors (Lipinski definition) is 3. The molecule has 2 rings (SSSR count). The molecule has 0 heterocycles. The lowest BCUT2D eigenvalue weighted by atomic mass is 10.2. The fourth-order valence-electron chi connectivity index (χ4n) is 2.39. The van der Waals surface area contributed by atoms with Crippen LogP contribution < -0.4 is 5.32 Å². The number of rotatable bonds is 6. The molecule has 0 radical (unpaired) electrons. The average molecular weight is 288 g/mol. The second-order valence-corrected chi connectivity index (χ2v) is 6.53. The number of carbonyl (C=O) groups is 1. The second-order valence-electron chi connectivity index (χ2n) is 5.12. The zero-order valence-corrected chi connectivity index (χ0v) is 12.4. The van der Waals surface area contributed by atoms with Crippen molar-refractivity contribution in [2.24, 2.45) is 0 Å². The lowest BCUT2D eigenvalue weighted by Crippen LogP contribution is -2.11. The maximum absolute atomic E-state index is 11.8. The Morgan fingerprint density at radius 3 is 2.65 bits per heavy atom. The Balaban J connectivity index is 1.63. The van der Waals surface area contributed by atoms with E-state index in [1.54, 1.807) is 24.3 Å². The molecule has 1 fully saturated rings. The van der Waals surface area contributed by atoms with Crippen molar-refractivity contribution < 1.29 is 4.79 Å². The molecule has 0 bridgehead atoms. The highest BCUT2D eigenvalue weighted by Crippen LogP contribution is 2.29. The SMILES string of the molecule is N#Cc1ccc(NC(=O)CCCSC2CCCC2)cc1. The molecular weight excluding hydrogens is 268 g/mol. The number of amides is 1. The summed E-state index contributed by atoms with van der Waals surface area (Å²) in [6.45, 7) is 0. The molecule has 1 aliphatic carbocycles. The van der Waals surface area contributed by atoms with Gasteiger partial charge >= 0.3 is 0 Å². The smallest absolute Gasteiger partial charge is 0.224 e. The van der Waals surface area contributed by atoms with Crippen molar-refractivity contribution in [2.45, 2.75) is 43.8 Å². The first-order valence-corrected chi connectivity index (χ1v) is 8.24. The van der Waals surface area contributed by atoms with E-state index in [2.05, 4.69) is 11.4 Å². The second kappa shape index (κ2) is 7.96. The Labute approximate surface area is 124 Å². The van der Waals surface area contributed by atoms with Crippen LogP contribution in [0.1, 0.15) is 44.1 Å². The fourth-order valence-corrected chi connectivity index (χ4v) is 3.70. The van der Waals surface area contributed by atoms with Gasteiger partial charge in [0, 0.05) is 17.4 Å². The van der Waals surface area contributed by atoms with E-state index in [-0.39, 0.29) is 5.91 Å². The van der Waals surface area contributed by atoms with E-state index >= 15 is 0 Å². The lowest BCUT2D eigenvalue weighted by Gasteiger charge is -2.08. The number of anilines is 1. The predicted octanol–water partition coefficient (Wildman–Crippen LogP) is 3.95. The zero-order valence-electron chi connectivity index (χ0n) is 11.6. The first kappa shape index (κ1) is 14.9. The van der Waals surface area contributed by atoms with Crippen LogP contribution in [0.15, 0.2) is 24.3 Å². The number of nitrogens with zero attached hydrogens (tertiary/aromatic N) is 1. The van der Waals surface area contributed by atoms with E-state index in [4.69, 9.17) is 5.26 Å². The van der Waals surface area contributed by atoms with Crippen LogP contribution >= 0.6 is 11.8 Å². The summed E-state index contributed by atoms with van der Waals surface area (Å²) in [7, 11) is 0. The molecule has 1 N–H and O–H groups in total. The number of benzene rings is 1. The quantitative estimate of drug-likeness (QED) is 0.806. The molecule has 1 saturated carbocycles. The molecule has 1 amide bonds. The summed E-state index contributed by atoms with van der Waals surface area (Å²) in [5, 5.41) is 12.4. The number of carbonyl (C=O) groups excluding carboxylic acids is 1. The van der Waals surface area contributed by atoms with Crippen molar-refractivity contribution in [1.29, 1.82) is 5.26 Å². The molecule has 4 heteroatoms. The summed E-state index contributed by atoms with van der Waals surface area (Å²) in [5.74, 6) is 1.13. The van der Waals surface area contributed by atoms with Crippen LogP contribution in [0.25, 0.3) is 0 Å². The Morgan fingerprint density at radius 2 is 2.00 bits per heavy atom. The third-order valence-electron chi connectivity index (χ3n) is 3.50. The van der Waals surface area contributed by atoms with E-state index < -0.39 is 0 Å². The third-order valence-corrected chi connectivity index (χ3v) is 4.97. The van der Waals surface area contributed by atoms with Gasteiger partial charge in [-0.3, -0.25) is 4.79 Å². The minimum atomic E-state index is 0.0572. The highest BCUT2D eigenvalue weighted by atomic mass is 32.2. The number of hydrogen-bond donors (Lipinski definition) is 1. The zero-order chi connectivity index (χ0) is 14.2. The molecule has 20 heavy (non-hydrogen) atoms. The molecule has 0 aromatic heterocycles. The summed E-state index contributed by atoms with van der Waals surface area (Å²) in [4.78, 5) is 11.8. The van der Waals surface area contributed by atoms with E-state index in [9.17, 15) is 4.79 Å². The summed E-state index contributed by atoms with van der Waals surface area (Å²) in [6.07, 6.45) is 6.95. The number of thioether (sulfide) groups is 1. The first-order chi connectivity index (χ1) is 9.78. The van der Waals surface area contributed by atoms with Crippen molar-refractivity contribution >= 4 is 23.4 Å². The van der Waals surface area contributed by atoms with E-state index in [1.165, 1.54) is 25.7 Å². The fraction of sp³-hybridized carbons (Fsp3) is 0.500. The Kier molecular flexibility index (Phi) is 5.94. The van der Waals surface area contributed by atoms with Gasteiger partial charge in [0.05, 0.1) is 11.6 Å². The molecule has 0 spiro atoms. The van der Waals surface area contributed by atoms with Crippen LogP contribution in [0.4, 0.5) is 5.69 Å². The minimum Gasteiger partial charge on any atom is -0.326 e. The average Bonchev–Trinajstić information content (AvgIpc) is 2.98. The summed E-state index contributed by atoms with van der Waals surface area (Å²) in [5.41, 5.74) is 1.37. The Morgan fingerprint density at radius 1 is 1.30 bits per heavy atom. The molecule has 0 aliphatic heterocycles. The van der Waals surface area contributed by atoms with Gasteiger partial charge in [-0.05, 0) is 49.3 Å². The Hall–Kier alpha value is -1.47. The van der Waals surface area contributed by atoms with Gasteiger partial charge < -0.3 is 5.32 Å². The van der Waals surface area contributed by atoms with E-state index in [0.29, 0.717) is 12.0 Å². The first-order valence-electron chi connectivity index (χ1n) is 7.19. The molecular formula is C16H20N2OS. The molecule has 1 aromatic carbocycles. The normalized spacial score (nSPS) is 14.9. The van der Waals surface area contributed by atoms with E-state index in [1.807, 2.05) is 11.8 Å². The monoisotopic (exact) mass is 288 g/mol. The predicted molar refractivity (Wildman–Crippen MR) is 83.7 cm³/mol. The van der Waals surface area contributed by atoms with Crippen molar-refractivity contribution in [3.8, 4) is 6.07 Å². The maximum atomic E-state index is 11.8. The van der Waals surface area contributed by atoms with Crippen LogP contribution in [-0.4, -0.2) is 16.9 Å². The van der Waals surface area contributed by atoms with Gasteiger partial charge in [0.25, 0.3) is 0 Å². The largest absolute Gasteiger partial charge is 0.326 e. The van der Waals surface area contributed by atoms with Crippen molar-refractivity contribution in [3.63, 3.8) is 0 Å².